The summed E-state index contributed by atoms with van der Waals surface area (Å²) in [5.41, 5.74) is 2.13. The first kappa shape index (κ1) is 14.6. The number of nitrogens with zero attached hydrogens (tertiary/aromatic N) is 1. The molecule has 2 fully saturated rings. The number of hydrogen-bond acceptors (Lipinski definition) is 2. The van der Waals surface area contributed by atoms with E-state index in [9.17, 15) is 4.79 Å². The van der Waals surface area contributed by atoms with Crippen LogP contribution in [0.5, 0.6) is 0 Å². The third-order valence-electron chi connectivity index (χ3n) is 4.95. The summed E-state index contributed by atoms with van der Waals surface area (Å²) in [5, 5.41) is 3.57. The maximum Gasteiger partial charge on any atom is 0.254 e. The van der Waals surface area contributed by atoms with Gasteiger partial charge in [0.2, 0.25) is 0 Å². The van der Waals surface area contributed by atoms with E-state index in [4.69, 9.17) is 0 Å². The van der Waals surface area contributed by atoms with Crippen LogP contribution in [0.1, 0.15) is 61.4 Å². The lowest BCUT2D eigenvalue weighted by Crippen LogP contribution is -2.46. The molecule has 114 valence electrons. The fraction of sp³-hybridized carbons (Fsp3) is 0.611. The van der Waals surface area contributed by atoms with Crippen molar-refractivity contribution in [2.75, 3.05) is 13.1 Å². The van der Waals surface area contributed by atoms with Crippen molar-refractivity contribution in [1.82, 2.24) is 10.2 Å². The molecule has 2 unspecified atom stereocenters. The Morgan fingerprint density at radius 2 is 1.95 bits per heavy atom. The number of carbonyl (C=O) groups excluding carboxylic acids is 1. The third kappa shape index (κ3) is 2.98. The number of amides is 1. The standard InChI is InChI=1S/C18H26N2O/c1-13(2)14-7-9-15(10-8-14)18(21)20-12-4-6-17(20)16-5-3-11-19-16/h7-10,13,16-17,19H,3-6,11-12H2,1-2H3. The highest BCUT2D eigenvalue weighted by atomic mass is 16.2. The molecule has 0 saturated carbocycles. The zero-order chi connectivity index (χ0) is 14.8. The maximum absolute atomic E-state index is 12.8. The first-order valence-corrected chi connectivity index (χ1v) is 8.31. The van der Waals surface area contributed by atoms with Gasteiger partial charge in [0.05, 0.1) is 0 Å². The van der Waals surface area contributed by atoms with Gasteiger partial charge in [-0.3, -0.25) is 4.79 Å². The van der Waals surface area contributed by atoms with E-state index in [-0.39, 0.29) is 5.91 Å². The summed E-state index contributed by atoms with van der Waals surface area (Å²) in [6.07, 6.45) is 4.74. The molecule has 3 nitrogen and oxygen atoms in total. The number of likely N-dealkylation sites (tertiary alicyclic amines) is 1. The van der Waals surface area contributed by atoms with Gasteiger partial charge in [-0.05, 0) is 55.8 Å². The minimum atomic E-state index is 0.210. The Morgan fingerprint density at radius 3 is 2.57 bits per heavy atom. The van der Waals surface area contributed by atoms with E-state index >= 15 is 0 Å². The molecule has 2 saturated heterocycles. The zero-order valence-corrected chi connectivity index (χ0v) is 13.1. The van der Waals surface area contributed by atoms with E-state index in [1.807, 2.05) is 12.1 Å². The van der Waals surface area contributed by atoms with Crippen molar-refractivity contribution in [3.8, 4) is 0 Å². The first-order chi connectivity index (χ1) is 10.2. The minimum Gasteiger partial charge on any atom is -0.334 e. The largest absolute Gasteiger partial charge is 0.334 e. The molecular formula is C18H26N2O. The molecule has 1 amide bonds. The fourth-order valence-electron chi connectivity index (χ4n) is 3.68. The van der Waals surface area contributed by atoms with Gasteiger partial charge in [0.15, 0.2) is 0 Å². The lowest BCUT2D eigenvalue weighted by Gasteiger charge is -2.29. The van der Waals surface area contributed by atoms with Crippen molar-refractivity contribution in [1.29, 1.82) is 0 Å². The average molecular weight is 286 g/mol. The molecule has 0 aromatic heterocycles. The van der Waals surface area contributed by atoms with Crippen molar-refractivity contribution in [3.63, 3.8) is 0 Å². The van der Waals surface area contributed by atoms with E-state index in [1.54, 1.807) is 0 Å². The van der Waals surface area contributed by atoms with Gasteiger partial charge in [-0.25, -0.2) is 0 Å². The number of rotatable bonds is 3. The van der Waals surface area contributed by atoms with E-state index < -0.39 is 0 Å². The van der Waals surface area contributed by atoms with Gasteiger partial charge in [0.25, 0.3) is 5.91 Å². The topological polar surface area (TPSA) is 32.3 Å². The van der Waals surface area contributed by atoms with E-state index in [2.05, 4.69) is 36.2 Å². The quantitative estimate of drug-likeness (QED) is 0.925. The lowest BCUT2D eigenvalue weighted by molar-refractivity contribution is 0.0711. The smallest absolute Gasteiger partial charge is 0.254 e. The minimum absolute atomic E-state index is 0.210. The molecule has 1 aromatic rings. The van der Waals surface area contributed by atoms with Crippen LogP contribution in [-0.2, 0) is 0 Å². The van der Waals surface area contributed by atoms with Crippen LogP contribution in [0.4, 0.5) is 0 Å². The highest BCUT2D eigenvalue weighted by Crippen LogP contribution is 2.26. The molecule has 21 heavy (non-hydrogen) atoms. The van der Waals surface area contributed by atoms with Crippen molar-refractivity contribution in [2.45, 2.75) is 57.5 Å². The number of carbonyl (C=O) groups is 1. The fourth-order valence-corrected chi connectivity index (χ4v) is 3.68. The Labute approximate surface area is 127 Å². The molecule has 2 atom stereocenters. The SMILES string of the molecule is CC(C)c1ccc(C(=O)N2CCCC2C2CCCN2)cc1. The summed E-state index contributed by atoms with van der Waals surface area (Å²) < 4.78 is 0. The van der Waals surface area contributed by atoms with Gasteiger partial charge in [-0.2, -0.15) is 0 Å². The van der Waals surface area contributed by atoms with Gasteiger partial charge < -0.3 is 10.2 Å². The van der Waals surface area contributed by atoms with Crippen LogP contribution in [0, 0.1) is 0 Å². The van der Waals surface area contributed by atoms with Crippen LogP contribution in [0.15, 0.2) is 24.3 Å². The molecule has 3 rings (SSSR count). The van der Waals surface area contributed by atoms with Crippen molar-refractivity contribution >= 4 is 5.91 Å². The Balaban J connectivity index is 1.74. The summed E-state index contributed by atoms with van der Waals surface area (Å²) >= 11 is 0. The molecule has 2 heterocycles. The van der Waals surface area contributed by atoms with Crippen LogP contribution in [0.2, 0.25) is 0 Å². The second-order valence-electron chi connectivity index (χ2n) is 6.69. The van der Waals surface area contributed by atoms with Gasteiger partial charge in [-0.15, -0.1) is 0 Å². The van der Waals surface area contributed by atoms with Crippen LogP contribution in [-0.4, -0.2) is 36.0 Å². The monoisotopic (exact) mass is 286 g/mol. The lowest BCUT2D eigenvalue weighted by atomic mass is 10.0. The Hall–Kier alpha value is -1.35. The normalized spacial score (nSPS) is 25.8. The molecular weight excluding hydrogens is 260 g/mol. The molecule has 2 aliphatic heterocycles. The summed E-state index contributed by atoms with van der Waals surface area (Å²) in [4.78, 5) is 14.9. The molecule has 1 aromatic carbocycles. The summed E-state index contributed by atoms with van der Waals surface area (Å²) in [5.74, 6) is 0.720. The Bertz CT molecular complexity index is 488. The van der Waals surface area contributed by atoms with Crippen LogP contribution in [0.25, 0.3) is 0 Å². The maximum atomic E-state index is 12.8. The predicted molar refractivity (Wildman–Crippen MR) is 85.6 cm³/mol. The van der Waals surface area contributed by atoms with Gasteiger partial charge in [-0.1, -0.05) is 26.0 Å². The molecule has 0 bridgehead atoms. The number of hydrogen-bond donors (Lipinski definition) is 1. The number of nitrogens with one attached hydrogen (secondary N) is 1. The molecule has 1 N–H and O–H groups in total. The molecule has 0 radical (unpaired) electrons. The van der Waals surface area contributed by atoms with E-state index in [0.717, 1.165) is 31.5 Å². The third-order valence-corrected chi connectivity index (χ3v) is 4.95. The average Bonchev–Trinajstić information content (AvgIpc) is 3.17. The predicted octanol–water partition coefficient (Wildman–Crippen LogP) is 3.17. The van der Waals surface area contributed by atoms with Crippen LogP contribution >= 0.6 is 0 Å². The van der Waals surface area contributed by atoms with Gasteiger partial charge in [0.1, 0.15) is 0 Å². The molecule has 3 heteroatoms. The highest BCUT2D eigenvalue weighted by molar-refractivity contribution is 5.94. The van der Waals surface area contributed by atoms with Gasteiger partial charge >= 0.3 is 0 Å². The summed E-state index contributed by atoms with van der Waals surface area (Å²) in [6, 6.07) is 9.08. The first-order valence-electron chi connectivity index (χ1n) is 8.31. The second-order valence-corrected chi connectivity index (χ2v) is 6.69. The van der Waals surface area contributed by atoms with Crippen molar-refractivity contribution in [2.24, 2.45) is 0 Å². The Morgan fingerprint density at radius 1 is 1.19 bits per heavy atom. The van der Waals surface area contributed by atoms with Crippen molar-refractivity contribution in [3.05, 3.63) is 35.4 Å². The van der Waals surface area contributed by atoms with Gasteiger partial charge in [0, 0.05) is 24.2 Å². The zero-order valence-electron chi connectivity index (χ0n) is 13.1. The van der Waals surface area contributed by atoms with Crippen LogP contribution in [0.3, 0.4) is 0 Å². The second kappa shape index (κ2) is 6.18. The summed E-state index contributed by atoms with van der Waals surface area (Å²) in [7, 11) is 0. The van der Waals surface area contributed by atoms with E-state index in [0.29, 0.717) is 18.0 Å². The summed E-state index contributed by atoms with van der Waals surface area (Å²) in [6.45, 7) is 6.37. The molecule has 0 spiro atoms. The number of benzene rings is 1. The van der Waals surface area contributed by atoms with E-state index in [1.165, 1.54) is 18.4 Å². The van der Waals surface area contributed by atoms with Crippen molar-refractivity contribution < 1.29 is 4.79 Å². The van der Waals surface area contributed by atoms with Crippen LogP contribution < -0.4 is 5.32 Å². The highest BCUT2D eigenvalue weighted by Gasteiger charge is 2.36. The Kier molecular flexibility index (Phi) is 4.29. The molecule has 0 aliphatic carbocycles. The molecule has 2 aliphatic rings.